The lowest BCUT2D eigenvalue weighted by Crippen LogP contribution is -1.90. The highest BCUT2D eigenvalue weighted by Crippen LogP contribution is 2.39. The van der Waals surface area contributed by atoms with E-state index in [2.05, 4.69) is 26.0 Å². The molecular formula is C13H11N5S. The van der Waals surface area contributed by atoms with Gasteiger partial charge in [-0.05, 0) is 30.4 Å². The van der Waals surface area contributed by atoms with Gasteiger partial charge in [0.15, 0.2) is 15.6 Å². The van der Waals surface area contributed by atoms with Crippen molar-refractivity contribution in [3.05, 3.63) is 30.1 Å². The summed E-state index contributed by atoms with van der Waals surface area (Å²) in [6.45, 7) is 0. The van der Waals surface area contributed by atoms with Crippen LogP contribution in [0.25, 0.3) is 21.9 Å². The number of pyridine rings is 1. The first-order valence-corrected chi connectivity index (χ1v) is 6.96. The van der Waals surface area contributed by atoms with Crippen LogP contribution in [0.3, 0.4) is 0 Å². The predicted octanol–water partition coefficient (Wildman–Crippen LogP) is 2.61. The van der Waals surface area contributed by atoms with Gasteiger partial charge in [-0.25, -0.2) is 9.97 Å². The second-order valence-electron chi connectivity index (χ2n) is 4.69. The second-order valence-corrected chi connectivity index (χ2v) is 5.70. The van der Waals surface area contributed by atoms with Crippen molar-refractivity contribution in [1.29, 1.82) is 0 Å². The molecule has 0 aliphatic heterocycles. The summed E-state index contributed by atoms with van der Waals surface area (Å²) in [5.41, 5.74) is 9.17. The summed E-state index contributed by atoms with van der Waals surface area (Å²) in [6, 6.07) is 4.14. The summed E-state index contributed by atoms with van der Waals surface area (Å²) in [6.07, 6.45) is 6.21. The number of hydrogen-bond acceptors (Lipinski definition) is 6. The van der Waals surface area contributed by atoms with Gasteiger partial charge in [0.05, 0.1) is 11.9 Å². The number of thiazole rings is 1. The normalized spacial score (nSPS) is 14.9. The molecule has 0 aromatic carbocycles. The SMILES string of the molecule is Nc1nc2ncc(-c3ccc(C4CC4)cn3)nc2s1. The Kier molecular flexibility index (Phi) is 2.25. The Balaban J connectivity index is 1.75. The van der Waals surface area contributed by atoms with Crippen LogP contribution in [0.15, 0.2) is 24.5 Å². The number of nitrogens with two attached hydrogens (primary N) is 1. The van der Waals surface area contributed by atoms with Crippen LogP contribution < -0.4 is 5.73 Å². The lowest BCUT2D eigenvalue weighted by Gasteiger charge is -2.01. The van der Waals surface area contributed by atoms with E-state index in [1.807, 2.05) is 12.3 Å². The molecule has 0 saturated heterocycles. The summed E-state index contributed by atoms with van der Waals surface area (Å²) < 4.78 is 0. The summed E-state index contributed by atoms with van der Waals surface area (Å²) in [4.78, 5) is 18.1. The zero-order chi connectivity index (χ0) is 12.8. The van der Waals surface area contributed by atoms with E-state index in [-0.39, 0.29) is 0 Å². The highest BCUT2D eigenvalue weighted by molar-refractivity contribution is 7.21. The second kappa shape index (κ2) is 3.96. The molecule has 94 valence electrons. The van der Waals surface area contributed by atoms with Crippen molar-refractivity contribution >= 4 is 26.9 Å². The monoisotopic (exact) mass is 269 g/mol. The van der Waals surface area contributed by atoms with Crippen molar-refractivity contribution < 1.29 is 0 Å². The van der Waals surface area contributed by atoms with Crippen LogP contribution in [-0.2, 0) is 0 Å². The van der Waals surface area contributed by atoms with Crippen LogP contribution in [-0.4, -0.2) is 19.9 Å². The standard InChI is InChI=1S/C13H11N5S/c14-13-18-11-12(19-13)17-10(6-16-11)9-4-3-8(5-15-9)7-1-2-7/h3-7H,1-2H2,(H2,14,16,18). The van der Waals surface area contributed by atoms with Crippen LogP contribution in [0.2, 0.25) is 0 Å². The van der Waals surface area contributed by atoms with Gasteiger partial charge < -0.3 is 5.73 Å². The van der Waals surface area contributed by atoms with Gasteiger partial charge in [-0.3, -0.25) is 4.98 Å². The Labute approximate surface area is 113 Å². The minimum Gasteiger partial charge on any atom is -0.375 e. The van der Waals surface area contributed by atoms with Crippen molar-refractivity contribution in [2.75, 3.05) is 5.73 Å². The van der Waals surface area contributed by atoms with Crippen molar-refractivity contribution in [3.8, 4) is 11.4 Å². The maximum Gasteiger partial charge on any atom is 0.191 e. The van der Waals surface area contributed by atoms with Crippen molar-refractivity contribution in [2.24, 2.45) is 0 Å². The van der Waals surface area contributed by atoms with Gasteiger partial charge in [-0.2, -0.15) is 4.98 Å². The number of aromatic nitrogens is 4. The van der Waals surface area contributed by atoms with E-state index in [1.54, 1.807) is 6.20 Å². The van der Waals surface area contributed by atoms with Crippen molar-refractivity contribution in [1.82, 2.24) is 19.9 Å². The number of hydrogen-bond donors (Lipinski definition) is 1. The fraction of sp³-hybridized carbons (Fsp3) is 0.231. The third-order valence-corrected chi connectivity index (χ3v) is 4.00. The molecule has 1 saturated carbocycles. The number of nitrogens with zero attached hydrogens (tertiary/aromatic N) is 4. The Bertz CT molecular complexity index is 745. The first-order chi connectivity index (χ1) is 9.29. The van der Waals surface area contributed by atoms with Gasteiger partial charge in [-0.1, -0.05) is 17.4 Å². The molecule has 3 aromatic heterocycles. The van der Waals surface area contributed by atoms with Crippen LogP contribution in [0.1, 0.15) is 24.3 Å². The van der Waals surface area contributed by atoms with E-state index in [1.165, 1.54) is 29.7 Å². The highest BCUT2D eigenvalue weighted by Gasteiger charge is 2.23. The minimum absolute atomic E-state index is 0.490. The topological polar surface area (TPSA) is 77.6 Å². The molecule has 0 unspecified atom stereocenters. The zero-order valence-electron chi connectivity index (χ0n) is 10.1. The molecule has 0 radical (unpaired) electrons. The summed E-state index contributed by atoms with van der Waals surface area (Å²) >= 11 is 1.34. The molecule has 1 aliphatic carbocycles. The molecule has 3 heterocycles. The molecule has 1 aliphatic rings. The molecule has 3 aromatic rings. The number of nitrogen functional groups attached to an aromatic ring is 1. The van der Waals surface area contributed by atoms with E-state index >= 15 is 0 Å². The maximum atomic E-state index is 5.65. The Morgan fingerprint density at radius 2 is 1.95 bits per heavy atom. The molecule has 0 amide bonds. The first-order valence-electron chi connectivity index (χ1n) is 6.15. The first kappa shape index (κ1) is 10.8. The third-order valence-electron chi connectivity index (χ3n) is 3.24. The Hall–Kier alpha value is -2.08. The van der Waals surface area contributed by atoms with Crippen LogP contribution in [0.5, 0.6) is 0 Å². The molecule has 0 bridgehead atoms. The van der Waals surface area contributed by atoms with E-state index < -0.39 is 0 Å². The summed E-state index contributed by atoms with van der Waals surface area (Å²) in [5, 5.41) is 0.490. The quantitative estimate of drug-likeness (QED) is 0.773. The molecule has 1 fully saturated rings. The number of fused-ring (bicyclic) bond motifs is 1. The molecular weight excluding hydrogens is 258 g/mol. The molecule has 2 N–H and O–H groups in total. The fourth-order valence-corrected chi connectivity index (χ4v) is 2.74. The number of anilines is 1. The molecule has 0 spiro atoms. The molecule has 19 heavy (non-hydrogen) atoms. The van der Waals surface area contributed by atoms with Crippen LogP contribution in [0, 0.1) is 0 Å². The lowest BCUT2D eigenvalue weighted by molar-refractivity contribution is 1.09. The fourth-order valence-electron chi connectivity index (χ4n) is 2.08. The van der Waals surface area contributed by atoms with Crippen LogP contribution in [0.4, 0.5) is 5.13 Å². The maximum absolute atomic E-state index is 5.65. The van der Waals surface area contributed by atoms with E-state index in [0.29, 0.717) is 10.8 Å². The van der Waals surface area contributed by atoms with Gasteiger partial charge in [0, 0.05) is 6.20 Å². The summed E-state index contributed by atoms with van der Waals surface area (Å²) in [5.74, 6) is 0.719. The van der Waals surface area contributed by atoms with E-state index in [0.717, 1.165) is 22.1 Å². The lowest BCUT2D eigenvalue weighted by atomic mass is 10.1. The molecule has 6 heteroatoms. The largest absolute Gasteiger partial charge is 0.375 e. The van der Waals surface area contributed by atoms with Crippen molar-refractivity contribution in [2.45, 2.75) is 18.8 Å². The summed E-state index contributed by atoms with van der Waals surface area (Å²) in [7, 11) is 0. The average Bonchev–Trinajstić information content (AvgIpc) is 3.20. The van der Waals surface area contributed by atoms with Crippen LogP contribution >= 0.6 is 11.3 Å². The minimum atomic E-state index is 0.490. The Morgan fingerprint density at radius 1 is 1.05 bits per heavy atom. The molecule has 0 atom stereocenters. The predicted molar refractivity (Wildman–Crippen MR) is 74.8 cm³/mol. The molecule has 5 nitrogen and oxygen atoms in total. The number of rotatable bonds is 2. The Morgan fingerprint density at radius 3 is 2.68 bits per heavy atom. The van der Waals surface area contributed by atoms with Crippen molar-refractivity contribution in [3.63, 3.8) is 0 Å². The van der Waals surface area contributed by atoms with E-state index in [4.69, 9.17) is 5.73 Å². The van der Waals surface area contributed by atoms with Gasteiger partial charge in [0.2, 0.25) is 0 Å². The third kappa shape index (κ3) is 1.94. The zero-order valence-corrected chi connectivity index (χ0v) is 10.9. The molecule has 4 rings (SSSR count). The van der Waals surface area contributed by atoms with Gasteiger partial charge in [0.25, 0.3) is 0 Å². The highest BCUT2D eigenvalue weighted by atomic mass is 32.1. The van der Waals surface area contributed by atoms with Gasteiger partial charge in [0.1, 0.15) is 5.69 Å². The smallest absolute Gasteiger partial charge is 0.191 e. The van der Waals surface area contributed by atoms with Gasteiger partial charge in [-0.15, -0.1) is 0 Å². The van der Waals surface area contributed by atoms with Gasteiger partial charge >= 0.3 is 0 Å². The average molecular weight is 269 g/mol. The van der Waals surface area contributed by atoms with E-state index in [9.17, 15) is 0 Å².